The molecule has 23 heavy (non-hydrogen) atoms. The lowest BCUT2D eigenvalue weighted by Gasteiger charge is -2.15. The summed E-state index contributed by atoms with van der Waals surface area (Å²) >= 11 is 2.67. The fourth-order valence-corrected chi connectivity index (χ4v) is 4.27. The normalized spacial score (nSPS) is 12.5. The largest absolute Gasteiger partial charge is 0.0774 e. The van der Waals surface area contributed by atoms with Crippen molar-refractivity contribution >= 4 is 22.6 Å². The molecule has 1 atom stereocenters. The lowest BCUT2D eigenvalue weighted by atomic mass is 9.97. The van der Waals surface area contributed by atoms with E-state index in [1.165, 1.54) is 83.5 Å². The van der Waals surface area contributed by atoms with Crippen LogP contribution in [-0.2, 0) is 6.42 Å². The smallest absolute Gasteiger partial charge is 0.0362 e. The Kier molecular flexibility index (Phi) is 13.1. The first kappa shape index (κ1) is 21.0. The van der Waals surface area contributed by atoms with Crippen molar-refractivity contribution < 1.29 is 0 Å². The van der Waals surface area contributed by atoms with Crippen molar-refractivity contribution in [1.29, 1.82) is 0 Å². The predicted octanol–water partition coefficient (Wildman–Crippen LogP) is 8.43. The van der Waals surface area contributed by atoms with Gasteiger partial charge in [0.1, 0.15) is 0 Å². The highest BCUT2D eigenvalue weighted by molar-refractivity contribution is 14.1. The van der Waals surface area contributed by atoms with Gasteiger partial charge >= 0.3 is 0 Å². The second kappa shape index (κ2) is 14.3. The minimum absolute atomic E-state index is 0.699. The Morgan fingerprint density at radius 1 is 0.739 bits per heavy atom. The van der Waals surface area contributed by atoms with Crippen LogP contribution in [0.5, 0.6) is 0 Å². The molecule has 0 aromatic heterocycles. The van der Waals surface area contributed by atoms with E-state index in [-0.39, 0.29) is 0 Å². The Hall–Kier alpha value is -0.0500. The van der Waals surface area contributed by atoms with Gasteiger partial charge in [0, 0.05) is 3.92 Å². The fraction of sp³-hybridized carbons (Fsp3) is 0.727. The maximum absolute atomic E-state index is 2.67. The van der Waals surface area contributed by atoms with Crippen molar-refractivity contribution in [1.82, 2.24) is 0 Å². The van der Waals surface area contributed by atoms with E-state index in [4.69, 9.17) is 0 Å². The predicted molar refractivity (Wildman–Crippen MR) is 114 cm³/mol. The summed E-state index contributed by atoms with van der Waals surface area (Å²) in [7, 11) is 0. The third-order valence-corrected chi connectivity index (χ3v) is 6.05. The van der Waals surface area contributed by atoms with Gasteiger partial charge in [0.2, 0.25) is 0 Å². The number of rotatable bonds is 14. The third-order valence-electron chi connectivity index (χ3n) is 4.75. The van der Waals surface area contributed by atoms with E-state index < -0.39 is 0 Å². The van der Waals surface area contributed by atoms with Crippen LogP contribution in [0.2, 0.25) is 0 Å². The van der Waals surface area contributed by atoms with Gasteiger partial charge in [-0.05, 0) is 30.4 Å². The van der Waals surface area contributed by atoms with Crippen molar-refractivity contribution in [2.24, 2.45) is 0 Å². The molecule has 0 N–H and O–H groups in total. The number of aryl methyl sites for hydroxylation is 1. The van der Waals surface area contributed by atoms with Gasteiger partial charge in [0.05, 0.1) is 0 Å². The molecule has 0 fully saturated rings. The molecule has 0 nitrogen and oxygen atoms in total. The van der Waals surface area contributed by atoms with Crippen LogP contribution >= 0.6 is 22.6 Å². The van der Waals surface area contributed by atoms with Crippen molar-refractivity contribution in [3.05, 3.63) is 35.4 Å². The quantitative estimate of drug-likeness (QED) is 0.158. The van der Waals surface area contributed by atoms with E-state index >= 15 is 0 Å². The molecule has 0 aliphatic carbocycles. The monoisotopic (exact) mass is 428 g/mol. The minimum Gasteiger partial charge on any atom is -0.0774 e. The van der Waals surface area contributed by atoms with Crippen LogP contribution in [0.3, 0.4) is 0 Å². The summed E-state index contributed by atoms with van der Waals surface area (Å²) in [5, 5.41) is 0. The lowest BCUT2D eigenvalue weighted by Crippen LogP contribution is -1.97. The molecule has 1 heteroatoms. The maximum atomic E-state index is 2.67. The zero-order valence-corrected chi connectivity index (χ0v) is 17.6. The Labute approximate surface area is 159 Å². The Morgan fingerprint density at radius 2 is 1.30 bits per heavy atom. The van der Waals surface area contributed by atoms with Crippen LogP contribution in [0.4, 0.5) is 0 Å². The highest BCUT2D eigenvalue weighted by Crippen LogP contribution is 2.32. The number of hydrogen-bond acceptors (Lipinski definition) is 0. The van der Waals surface area contributed by atoms with Gasteiger partial charge in [-0.3, -0.25) is 0 Å². The van der Waals surface area contributed by atoms with Crippen LogP contribution < -0.4 is 0 Å². The van der Waals surface area contributed by atoms with E-state index in [9.17, 15) is 0 Å². The third kappa shape index (κ3) is 9.74. The van der Waals surface area contributed by atoms with E-state index in [1.54, 1.807) is 11.1 Å². The fourth-order valence-electron chi connectivity index (χ4n) is 3.22. The van der Waals surface area contributed by atoms with E-state index in [1.807, 2.05) is 0 Å². The first-order chi connectivity index (χ1) is 11.3. The molecule has 1 rings (SSSR count). The molecule has 0 aliphatic heterocycles. The van der Waals surface area contributed by atoms with Crippen LogP contribution in [0.15, 0.2) is 24.3 Å². The summed E-state index contributed by atoms with van der Waals surface area (Å²) in [6, 6.07) is 9.12. The average molecular weight is 428 g/mol. The molecule has 0 aliphatic rings. The summed E-state index contributed by atoms with van der Waals surface area (Å²) in [6.45, 7) is 4.58. The molecule has 0 spiro atoms. The lowest BCUT2D eigenvalue weighted by molar-refractivity contribution is 0.556. The van der Waals surface area contributed by atoms with Crippen molar-refractivity contribution in [3.8, 4) is 0 Å². The Bertz CT molecular complexity index is 385. The summed E-state index contributed by atoms with van der Waals surface area (Å²) in [6.07, 6.45) is 18.0. The van der Waals surface area contributed by atoms with Gasteiger partial charge in [-0.1, -0.05) is 125 Å². The van der Waals surface area contributed by atoms with Crippen molar-refractivity contribution in [3.63, 3.8) is 0 Å². The minimum atomic E-state index is 0.699. The number of hydrogen-bond donors (Lipinski definition) is 0. The Balaban J connectivity index is 2.17. The van der Waals surface area contributed by atoms with Crippen LogP contribution in [0, 0.1) is 0 Å². The summed E-state index contributed by atoms with van der Waals surface area (Å²) in [5.74, 6) is 0. The summed E-state index contributed by atoms with van der Waals surface area (Å²) in [4.78, 5) is 0. The first-order valence-corrected chi connectivity index (χ1v) is 11.3. The highest BCUT2D eigenvalue weighted by Gasteiger charge is 2.11. The van der Waals surface area contributed by atoms with Crippen LogP contribution in [-0.4, -0.2) is 0 Å². The number of halogens is 1. The zero-order valence-electron chi connectivity index (χ0n) is 15.5. The van der Waals surface area contributed by atoms with Gasteiger partial charge in [0.15, 0.2) is 0 Å². The SMILES string of the molecule is CCCCCCCCCCCC(I)c1ccccc1CCCC. The molecule has 0 saturated carbocycles. The summed E-state index contributed by atoms with van der Waals surface area (Å²) in [5.41, 5.74) is 3.19. The summed E-state index contributed by atoms with van der Waals surface area (Å²) < 4.78 is 0.699. The first-order valence-electron chi connectivity index (χ1n) is 10.0. The van der Waals surface area contributed by atoms with Crippen molar-refractivity contribution in [2.75, 3.05) is 0 Å². The molecular weight excluding hydrogens is 391 g/mol. The molecule has 0 saturated heterocycles. The number of unbranched alkanes of at least 4 members (excludes halogenated alkanes) is 9. The number of benzene rings is 1. The highest BCUT2D eigenvalue weighted by atomic mass is 127. The molecule has 1 aromatic carbocycles. The molecule has 0 amide bonds. The van der Waals surface area contributed by atoms with Crippen LogP contribution in [0.1, 0.15) is 106 Å². The second-order valence-electron chi connectivity index (χ2n) is 6.89. The average Bonchev–Trinajstić information content (AvgIpc) is 2.58. The molecule has 1 aromatic rings. The molecule has 0 heterocycles. The van der Waals surface area contributed by atoms with Gasteiger partial charge in [-0.15, -0.1) is 0 Å². The van der Waals surface area contributed by atoms with Gasteiger partial charge in [-0.25, -0.2) is 0 Å². The molecule has 0 radical (unpaired) electrons. The van der Waals surface area contributed by atoms with Crippen molar-refractivity contribution in [2.45, 2.75) is 101 Å². The molecule has 1 unspecified atom stereocenters. The van der Waals surface area contributed by atoms with Gasteiger partial charge in [0.25, 0.3) is 0 Å². The standard InChI is InChI=1S/C22H37I/c1-3-5-7-8-9-10-11-12-13-19-22(23)21-18-15-14-17-20(21)16-6-4-2/h14-15,17-18,22H,3-13,16,19H2,1-2H3. The molecule has 0 bridgehead atoms. The maximum Gasteiger partial charge on any atom is 0.0362 e. The number of alkyl halides is 1. The van der Waals surface area contributed by atoms with E-state index in [2.05, 4.69) is 60.7 Å². The molecule has 132 valence electrons. The zero-order chi connectivity index (χ0) is 16.8. The van der Waals surface area contributed by atoms with Crippen LogP contribution in [0.25, 0.3) is 0 Å². The Morgan fingerprint density at radius 3 is 1.96 bits per heavy atom. The van der Waals surface area contributed by atoms with E-state index in [0.717, 1.165) is 0 Å². The van der Waals surface area contributed by atoms with E-state index in [0.29, 0.717) is 3.92 Å². The topological polar surface area (TPSA) is 0 Å². The molecular formula is C22H37I. The van der Waals surface area contributed by atoms with Gasteiger partial charge < -0.3 is 0 Å². The second-order valence-corrected chi connectivity index (χ2v) is 8.39. The van der Waals surface area contributed by atoms with Gasteiger partial charge in [-0.2, -0.15) is 0 Å².